The number of carbonyl (C=O) groups is 1. The molecule has 0 aliphatic heterocycles. The molecule has 0 radical (unpaired) electrons. The highest BCUT2D eigenvalue weighted by molar-refractivity contribution is 6.33. The zero-order valence-corrected chi connectivity index (χ0v) is 10.4. The van der Waals surface area contributed by atoms with Gasteiger partial charge in [0.25, 0.3) is 5.91 Å². The molecule has 2 rings (SSSR count). The molecule has 0 atom stereocenters. The Morgan fingerprint density at radius 1 is 1.44 bits per heavy atom. The van der Waals surface area contributed by atoms with Gasteiger partial charge in [0, 0.05) is 19.3 Å². The van der Waals surface area contributed by atoms with Crippen LogP contribution >= 0.6 is 11.6 Å². The molecule has 3 N–H and O–H groups in total. The molecule has 1 heterocycles. The summed E-state index contributed by atoms with van der Waals surface area (Å²) in [5, 5.41) is 3.20. The molecule has 5 nitrogen and oxygen atoms in total. The number of amides is 1. The molecule has 6 heteroatoms. The largest absolute Gasteiger partial charge is 0.335 e. The predicted molar refractivity (Wildman–Crippen MR) is 70.7 cm³/mol. The van der Waals surface area contributed by atoms with E-state index in [-0.39, 0.29) is 5.91 Å². The number of benzene rings is 1. The van der Waals surface area contributed by atoms with E-state index in [0.717, 1.165) is 0 Å². The van der Waals surface area contributed by atoms with Crippen molar-refractivity contribution in [1.82, 2.24) is 9.55 Å². The van der Waals surface area contributed by atoms with E-state index in [0.29, 0.717) is 29.5 Å². The maximum Gasteiger partial charge on any atom is 0.275 e. The summed E-state index contributed by atoms with van der Waals surface area (Å²) in [6.45, 7) is 1.13. The van der Waals surface area contributed by atoms with E-state index >= 15 is 0 Å². The number of imidazole rings is 1. The SMILES string of the molecule is NCCn1cnc(C(=O)Nc2ccccc2Cl)c1. The summed E-state index contributed by atoms with van der Waals surface area (Å²) in [5.41, 5.74) is 6.33. The van der Waals surface area contributed by atoms with Crippen LogP contribution in [-0.2, 0) is 6.54 Å². The Bertz CT molecular complexity index is 553. The van der Waals surface area contributed by atoms with E-state index in [2.05, 4.69) is 10.3 Å². The topological polar surface area (TPSA) is 72.9 Å². The third kappa shape index (κ3) is 2.88. The maximum absolute atomic E-state index is 11.9. The lowest BCUT2D eigenvalue weighted by molar-refractivity contribution is 0.102. The minimum Gasteiger partial charge on any atom is -0.335 e. The van der Waals surface area contributed by atoms with Crippen molar-refractivity contribution < 1.29 is 4.79 Å². The third-order valence-corrected chi connectivity index (χ3v) is 2.70. The molecule has 0 unspecified atom stereocenters. The van der Waals surface area contributed by atoms with Crippen molar-refractivity contribution in [3.05, 3.63) is 47.5 Å². The summed E-state index contributed by atoms with van der Waals surface area (Å²) in [6.07, 6.45) is 3.23. The second kappa shape index (κ2) is 5.66. The van der Waals surface area contributed by atoms with Crippen LogP contribution in [0, 0.1) is 0 Å². The van der Waals surface area contributed by atoms with Crippen LogP contribution in [0.1, 0.15) is 10.5 Å². The molecule has 0 fully saturated rings. The van der Waals surface area contributed by atoms with Crippen LogP contribution in [0.25, 0.3) is 0 Å². The number of hydrogen-bond acceptors (Lipinski definition) is 3. The van der Waals surface area contributed by atoms with Crippen LogP contribution in [0.15, 0.2) is 36.8 Å². The van der Waals surface area contributed by atoms with Gasteiger partial charge in [-0.25, -0.2) is 4.98 Å². The minimum absolute atomic E-state index is 0.293. The molecule has 0 saturated carbocycles. The molecular weight excluding hydrogens is 252 g/mol. The van der Waals surface area contributed by atoms with Gasteiger partial charge in [0.15, 0.2) is 0 Å². The number of rotatable bonds is 4. The molecule has 1 aromatic heterocycles. The standard InChI is InChI=1S/C12H13ClN4O/c13-9-3-1-2-4-10(9)16-12(18)11-7-17(6-5-14)8-15-11/h1-4,7-8H,5-6,14H2,(H,16,18). The fourth-order valence-corrected chi connectivity index (χ4v) is 1.68. The Balaban J connectivity index is 2.10. The number of aromatic nitrogens is 2. The fourth-order valence-electron chi connectivity index (χ4n) is 1.50. The first-order valence-corrected chi connectivity index (χ1v) is 5.86. The van der Waals surface area contributed by atoms with Crippen molar-refractivity contribution in [2.24, 2.45) is 5.73 Å². The first-order valence-electron chi connectivity index (χ1n) is 5.48. The number of halogens is 1. The van der Waals surface area contributed by atoms with Crippen LogP contribution in [0.5, 0.6) is 0 Å². The molecule has 0 aliphatic carbocycles. The van der Waals surface area contributed by atoms with Crippen LogP contribution in [0.2, 0.25) is 5.02 Å². The molecule has 94 valence electrons. The van der Waals surface area contributed by atoms with E-state index in [9.17, 15) is 4.79 Å². The third-order valence-electron chi connectivity index (χ3n) is 2.38. The number of carbonyl (C=O) groups excluding carboxylic acids is 1. The van der Waals surface area contributed by atoms with Crippen molar-refractivity contribution in [1.29, 1.82) is 0 Å². The van der Waals surface area contributed by atoms with Gasteiger partial charge < -0.3 is 15.6 Å². The summed E-state index contributed by atoms with van der Waals surface area (Å²) < 4.78 is 1.77. The minimum atomic E-state index is -0.293. The molecular formula is C12H13ClN4O. The van der Waals surface area contributed by atoms with Crippen LogP contribution < -0.4 is 11.1 Å². The summed E-state index contributed by atoms with van der Waals surface area (Å²) >= 11 is 5.95. The second-order valence-corrected chi connectivity index (χ2v) is 4.13. The average Bonchev–Trinajstić information content (AvgIpc) is 2.81. The molecule has 0 spiro atoms. The Morgan fingerprint density at radius 3 is 2.94 bits per heavy atom. The maximum atomic E-state index is 11.9. The number of nitrogens with one attached hydrogen (secondary N) is 1. The Kier molecular flexibility index (Phi) is 3.96. The van der Waals surface area contributed by atoms with Crippen LogP contribution in [-0.4, -0.2) is 22.0 Å². The van der Waals surface area contributed by atoms with Crippen molar-refractivity contribution in [3.8, 4) is 0 Å². The number of nitrogens with two attached hydrogens (primary N) is 1. The van der Waals surface area contributed by atoms with Gasteiger partial charge in [-0.3, -0.25) is 4.79 Å². The first kappa shape index (κ1) is 12.6. The zero-order chi connectivity index (χ0) is 13.0. The molecule has 2 aromatic rings. The number of nitrogens with zero attached hydrogens (tertiary/aromatic N) is 2. The Labute approximate surface area is 110 Å². The lowest BCUT2D eigenvalue weighted by atomic mass is 10.3. The molecule has 18 heavy (non-hydrogen) atoms. The van der Waals surface area contributed by atoms with E-state index in [1.807, 2.05) is 0 Å². The number of anilines is 1. The highest BCUT2D eigenvalue weighted by Gasteiger charge is 2.10. The lowest BCUT2D eigenvalue weighted by Crippen LogP contribution is -2.13. The molecule has 0 saturated heterocycles. The van der Waals surface area contributed by atoms with Gasteiger partial charge >= 0.3 is 0 Å². The summed E-state index contributed by atoms with van der Waals surface area (Å²) in [4.78, 5) is 15.9. The van der Waals surface area contributed by atoms with E-state index < -0.39 is 0 Å². The zero-order valence-electron chi connectivity index (χ0n) is 9.64. The first-order chi connectivity index (χ1) is 8.70. The fraction of sp³-hybridized carbons (Fsp3) is 0.167. The summed E-state index contributed by atoms with van der Waals surface area (Å²) in [5.74, 6) is -0.293. The van der Waals surface area contributed by atoms with Crippen molar-refractivity contribution >= 4 is 23.2 Å². The molecule has 1 aromatic carbocycles. The van der Waals surface area contributed by atoms with E-state index in [1.54, 1.807) is 41.4 Å². The van der Waals surface area contributed by atoms with Gasteiger partial charge in [0.1, 0.15) is 5.69 Å². The lowest BCUT2D eigenvalue weighted by Gasteiger charge is -2.04. The second-order valence-electron chi connectivity index (χ2n) is 3.72. The quantitative estimate of drug-likeness (QED) is 0.884. The molecule has 1 amide bonds. The van der Waals surface area contributed by atoms with Gasteiger partial charge in [0.05, 0.1) is 17.0 Å². The molecule has 0 aliphatic rings. The van der Waals surface area contributed by atoms with E-state index in [4.69, 9.17) is 17.3 Å². The van der Waals surface area contributed by atoms with Gasteiger partial charge in [-0.05, 0) is 12.1 Å². The highest BCUT2D eigenvalue weighted by atomic mass is 35.5. The van der Waals surface area contributed by atoms with Crippen molar-refractivity contribution in [2.75, 3.05) is 11.9 Å². The highest BCUT2D eigenvalue weighted by Crippen LogP contribution is 2.20. The van der Waals surface area contributed by atoms with Gasteiger partial charge in [-0.15, -0.1) is 0 Å². The van der Waals surface area contributed by atoms with Gasteiger partial charge in [-0.2, -0.15) is 0 Å². The smallest absolute Gasteiger partial charge is 0.275 e. The summed E-state index contributed by atoms with van der Waals surface area (Å²) in [6, 6.07) is 7.05. The molecule has 0 bridgehead atoms. The van der Waals surface area contributed by atoms with E-state index in [1.165, 1.54) is 0 Å². The number of para-hydroxylation sites is 1. The van der Waals surface area contributed by atoms with Gasteiger partial charge in [0.2, 0.25) is 0 Å². The van der Waals surface area contributed by atoms with Crippen LogP contribution in [0.4, 0.5) is 5.69 Å². The normalized spacial score (nSPS) is 10.3. The monoisotopic (exact) mass is 264 g/mol. The van der Waals surface area contributed by atoms with Crippen LogP contribution in [0.3, 0.4) is 0 Å². The average molecular weight is 265 g/mol. The van der Waals surface area contributed by atoms with Crippen molar-refractivity contribution in [2.45, 2.75) is 6.54 Å². The predicted octanol–water partition coefficient (Wildman–Crippen LogP) is 1.75. The summed E-state index contributed by atoms with van der Waals surface area (Å²) in [7, 11) is 0. The Hall–Kier alpha value is -1.85. The van der Waals surface area contributed by atoms with Crippen molar-refractivity contribution in [3.63, 3.8) is 0 Å². The Morgan fingerprint density at radius 2 is 2.22 bits per heavy atom. The van der Waals surface area contributed by atoms with Gasteiger partial charge in [-0.1, -0.05) is 23.7 Å². The number of hydrogen-bond donors (Lipinski definition) is 2.